The molecule has 0 fully saturated rings. The summed E-state index contributed by atoms with van der Waals surface area (Å²) < 4.78 is 13.9. The SMILES string of the molecule is COC(=O)c1c(-c2ccccc2)nn2cc(-c3ccc(OC)cc3)n(C)c12. The van der Waals surface area contributed by atoms with Crippen LogP contribution in [0.15, 0.2) is 60.8 Å². The third-order valence-electron chi connectivity index (χ3n) is 4.63. The zero-order valence-corrected chi connectivity index (χ0v) is 15.3. The number of benzene rings is 2. The number of imidazole rings is 1. The summed E-state index contributed by atoms with van der Waals surface area (Å²) in [5.41, 5.74) is 4.55. The van der Waals surface area contributed by atoms with Crippen LogP contribution in [0, 0.1) is 0 Å². The molecule has 0 aliphatic rings. The minimum atomic E-state index is -0.411. The number of ether oxygens (including phenoxy) is 2. The number of aromatic nitrogens is 3. The number of esters is 1. The van der Waals surface area contributed by atoms with E-state index in [1.807, 2.05) is 72.4 Å². The highest BCUT2D eigenvalue weighted by atomic mass is 16.5. The van der Waals surface area contributed by atoms with Crippen molar-refractivity contribution in [2.45, 2.75) is 0 Å². The summed E-state index contributed by atoms with van der Waals surface area (Å²) in [5, 5.41) is 4.66. The summed E-state index contributed by atoms with van der Waals surface area (Å²) in [6.45, 7) is 0. The second-order valence-corrected chi connectivity index (χ2v) is 6.15. The van der Waals surface area contributed by atoms with E-state index >= 15 is 0 Å². The van der Waals surface area contributed by atoms with Gasteiger partial charge in [0.25, 0.3) is 0 Å². The van der Waals surface area contributed by atoms with E-state index in [9.17, 15) is 4.79 Å². The molecule has 0 amide bonds. The number of carbonyl (C=O) groups is 1. The molecule has 2 aromatic heterocycles. The van der Waals surface area contributed by atoms with E-state index in [1.54, 1.807) is 11.6 Å². The van der Waals surface area contributed by atoms with Crippen LogP contribution in [0.25, 0.3) is 28.2 Å². The number of rotatable bonds is 4. The maximum atomic E-state index is 12.6. The molecule has 136 valence electrons. The second-order valence-electron chi connectivity index (χ2n) is 6.15. The van der Waals surface area contributed by atoms with Crippen molar-refractivity contribution in [2.24, 2.45) is 7.05 Å². The first kappa shape index (κ1) is 16.9. The van der Waals surface area contributed by atoms with Crippen LogP contribution in [0.4, 0.5) is 0 Å². The van der Waals surface area contributed by atoms with E-state index in [0.717, 1.165) is 22.6 Å². The fraction of sp³-hybridized carbons (Fsp3) is 0.143. The van der Waals surface area contributed by atoms with Gasteiger partial charge >= 0.3 is 5.97 Å². The van der Waals surface area contributed by atoms with Gasteiger partial charge in [0.15, 0.2) is 5.65 Å². The average Bonchev–Trinajstić information content (AvgIpc) is 3.25. The van der Waals surface area contributed by atoms with E-state index in [0.29, 0.717) is 16.9 Å². The van der Waals surface area contributed by atoms with Crippen LogP contribution in [-0.2, 0) is 11.8 Å². The zero-order chi connectivity index (χ0) is 19.0. The number of hydrogen-bond acceptors (Lipinski definition) is 4. The summed E-state index contributed by atoms with van der Waals surface area (Å²) >= 11 is 0. The van der Waals surface area contributed by atoms with Crippen LogP contribution >= 0.6 is 0 Å². The molecule has 6 nitrogen and oxygen atoms in total. The Balaban J connectivity index is 1.93. The maximum absolute atomic E-state index is 12.6. The van der Waals surface area contributed by atoms with Crippen LogP contribution in [0.3, 0.4) is 0 Å². The molecule has 0 unspecified atom stereocenters. The first-order chi connectivity index (χ1) is 13.1. The summed E-state index contributed by atoms with van der Waals surface area (Å²) in [6, 6.07) is 17.4. The summed E-state index contributed by atoms with van der Waals surface area (Å²) in [5.74, 6) is 0.380. The molecule has 2 aromatic carbocycles. The normalized spacial score (nSPS) is 10.9. The monoisotopic (exact) mass is 361 g/mol. The van der Waals surface area contributed by atoms with E-state index in [-0.39, 0.29) is 0 Å². The highest BCUT2D eigenvalue weighted by Crippen LogP contribution is 2.31. The molecule has 6 heteroatoms. The second kappa shape index (κ2) is 6.64. The van der Waals surface area contributed by atoms with E-state index in [2.05, 4.69) is 5.10 Å². The van der Waals surface area contributed by atoms with E-state index < -0.39 is 5.97 Å². The quantitative estimate of drug-likeness (QED) is 0.519. The number of hydrogen-bond donors (Lipinski definition) is 0. The first-order valence-corrected chi connectivity index (χ1v) is 8.50. The summed E-state index contributed by atoms with van der Waals surface area (Å²) in [6.07, 6.45) is 1.91. The third kappa shape index (κ3) is 2.75. The van der Waals surface area contributed by atoms with Gasteiger partial charge < -0.3 is 14.0 Å². The molecular formula is C21H19N3O3. The molecule has 4 rings (SSSR count). The molecule has 0 N–H and O–H groups in total. The van der Waals surface area contributed by atoms with Gasteiger partial charge in [0.1, 0.15) is 17.0 Å². The molecular weight excluding hydrogens is 342 g/mol. The Labute approximate surface area is 156 Å². The van der Waals surface area contributed by atoms with Crippen LogP contribution in [0.5, 0.6) is 5.75 Å². The van der Waals surface area contributed by atoms with Crippen molar-refractivity contribution >= 4 is 11.6 Å². The van der Waals surface area contributed by atoms with Crippen LogP contribution in [0.1, 0.15) is 10.4 Å². The number of nitrogens with zero attached hydrogens (tertiary/aromatic N) is 3. The van der Waals surface area contributed by atoms with Gasteiger partial charge in [-0.05, 0) is 24.3 Å². The molecule has 0 aliphatic carbocycles. The average molecular weight is 361 g/mol. The predicted molar refractivity (Wildman–Crippen MR) is 103 cm³/mol. The molecule has 0 aliphatic heterocycles. The van der Waals surface area contributed by atoms with Crippen LogP contribution in [-0.4, -0.2) is 34.4 Å². The first-order valence-electron chi connectivity index (χ1n) is 8.50. The van der Waals surface area contributed by atoms with Gasteiger partial charge in [0.05, 0.1) is 26.1 Å². The fourth-order valence-corrected chi connectivity index (χ4v) is 3.27. The number of methoxy groups -OCH3 is 2. The van der Waals surface area contributed by atoms with Crippen LogP contribution in [0.2, 0.25) is 0 Å². The minimum Gasteiger partial charge on any atom is -0.497 e. The summed E-state index contributed by atoms with van der Waals surface area (Å²) in [7, 11) is 4.94. The van der Waals surface area contributed by atoms with Crippen molar-refractivity contribution in [3.8, 4) is 28.3 Å². The third-order valence-corrected chi connectivity index (χ3v) is 4.63. The molecule has 0 atom stereocenters. The standard InChI is InChI=1S/C21H19N3O3/c1-23-17(14-9-11-16(26-2)12-10-14)13-24-20(23)18(21(25)27-3)19(22-24)15-7-5-4-6-8-15/h4-13H,1-3H3. The van der Waals surface area contributed by atoms with Crippen molar-refractivity contribution in [3.05, 3.63) is 66.4 Å². The molecule has 27 heavy (non-hydrogen) atoms. The smallest absolute Gasteiger partial charge is 0.343 e. The Kier molecular flexibility index (Phi) is 4.16. The number of carbonyl (C=O) groups excluding carboxylic acids is 1. The lowest BCUT2D eigenvalue weighted by Crippen LogP contribution is -2.05. The molecule has 2 heterocycles. The minimum absolute atomic E-state index is 0.411. The Morgan fingerprint density at radius 2 is 1.67 bits per heavy atom. The van der Waals surface area contributed by atoms with Gasteiger partial charge in [0.2, 0.25) is 0 Å². The number of aryl methyl sites for hydroxylation is 1. The largest absolute Gasteiger partial charge is 0.497 e. The van der Waals surface area contributed by atoms with Crippen molar-refractivity contribution in [3.63, 3.8) is 0 Å². The topological polar surface area (TPSA) is 57.8 Å². The molecule has 0 spiro atoms. The van der Waals surface area contributed by atoms with E-state index in [1.165, 1.54) is 7.11 Å². The molecule has 4 aromatic rings. The summed E-state index contributed by atoms with van der Waals surface area (Å²) in [4.78, 5) is 12.6. The van der Waals surface area contributed by atoms with Gasteiger partial charge in [-0.25, -0.2) is 9.31 Å². The Morgan fingerprint density at radius 1 is 0.963 bits per heavy atom. The van der Waals surface area contributed by atoms with Crippen molar-refractivity contribution in [1.29, 1.82) is 0 Å². The molecule has 0 bridgehead atoms. The zero-order valence-electron chi connectivity index (χ0n) is 15.3. The van der Waals surface area contributed by atoms with Gasteiger partial charge in [0, 0.05) is 18.2 Å². The van der Waals surface area contributed by atoms with Crippen molar-refractivity contribution in [2.75, 3.05) is 14.2 Å². The molecule has 0 saturated carbocycles. The predicted octanol–water partition coefficient (Wildman–Crippen LogP) is 3.80. The van der Waals surface area contributed by atoms with Gasteiger partial charge in [-0.2, -0.15) is 5.10 Å². The fourth-order valence-electron chi connectivity index (χ4n) is 3.27. The lowest BCUT2D eigenvalue weighted by atomic mass is 10.1. The van der Waals surface area contributed by atoms with Crippen LogP contribution < -0.4 is 4.74 Å². The molecule has 0 saturated heterocycles. The highest BCUT2D eigenvalue weighted by molar-refractivity contribution is 6.03. The van der Waals surface area contributed by atoms with E-state index in [4.69, 9.17) is 9.47 Å². The molecule has 0 radical (unpaired) electrons. The highest BCUT2D eigenvalue weighted by Gasteiger charge is 2.25. The van der Waals surface area contributed by atoms with Crippen molar-refractivity contribution < 1.29 is 14.3 Å². The van der Waals surface area contributed by atoms with Gasteiger partial charge in [-0.15, -0.1) is 0 Å². The Hall–Kier alpha value is -3.54. The Morgan fingerprint density at radius 3 is 2.30 bits per heavy atom. The maximum Gasteiger partial charge on any atom is 0.343 e. The van der Waals surface area contributed by atoms with Gasteiger partial charge in [-0.1, -0.05) is 30.3 Å². The van der Waals surface area contributed by atoms with Gasteiger partial charge in [-0.3, -0.25) is 0 Å². The Bertz CT molecular complexity index is 1110. The lowest BCUT2D eigenvalue weighted by Gasteiger charge is -2.07. The lowest BCUT2D eigenvalue weighted by molar-refractivity contribution is 0.0603. The van der Waals surface area contributed by atoms with Crippen molar-refractivity contribution in [1.82, 2.24) is 14.2 Å². The number of fused-ring (bicyclic) bond motifs is 1.